The standard InChI is InChI=1S/C16H17Cl2N5O4S2/c1-2-6-28-16(27)20-12(7-14(25)26)13(24)8-22-21-19-9-23(22)29-15-10(17)4-3-5-11(15)18/h3-5,9,12H,2,6-8H2,1H3,(H-,20,25,26,27)/p+1. The summed E-state index contributed by atoms with van der Waals surface area (Å²) in [6.45, 7) is 1.61. The molecule has 1 atom stereocenters. The van der Waals surface area contributed by atoms with Crippen molar-refractivity contribution in [1.82, 2.24) is 19.7 Å². The zero-order chi connectivity index (χ0) is 21.4. The number of nitrogens with zero attached hydrogens (tertiary/aromatic N) is 4. The van der Waals surface area contributed by atoms with Gasteiger partial charge in [0.1, 0.15) is 6.04 Å². The highest BCUT2D eigenvalue weighted by atomic mass is 35.5. The van der Waals surface area contributed by atoms with Gasteiger partial charge in [-0.2, -0.15) is 0 Å². The molecule has 29 heavy (non-hydrogen) atoms. The second kappa shape index (κ2) is 11.4. The van der Waals surface area contributed by atoms with Gasteiger partial charge in [0.15, 0.2) is 11.8 Å². The molecule has 1 heterocycles. The molecule has 0 saturated heterocycles. The number of benzene rings is 1. The van der Waals surface area contributed by atoms with Crippen LogP contribution in [0.3, 0.4) is 0 Å². The molecule has 1 unspecified atom stereocenters. The highest BCUT2D eigenvalue weighted by Gasteiger charge is 2.28. The van der Waals surface area contributed by atoms with Crippen LogP contribution in [0.1, 0.15) is 19.8 Å². The Kier molecular flexibility index (Phi) is 9.21. The van der Waals surface area contributed by atoms with Crippen molar-refractivity contribution >= 4 is 63.9 Å². The average Bonchev–Trinajstić information content (AvgIpc) is 3.09. The quantitative estimate of drug-likeness (QED) is 0.500. The third-order valence-corrected chi connectivity index (χ3v) is 6.37. The molecule has 0 bridgehead atoms. The maximum absolute atomic E-state index is 12.6. The molecule has 2 N–H and O–H groups in total. The molecule has 9 nitrogen and oxygen atoms in total. The predicted octanol–water partition coefficient (Wildman–Crippen LogP) is 2.69. The molecule has 0 fully saturated rings. The predicted molar refractivity (Wildman–Crippen MR) is 110 cm³/mol. The zero-order valence-electron chi connectivity index (χ0n) is 15.2. The van der Waals surface area contributed by atoms with Gasteiger partial charge in [0.2, 0.25) is 5.78 Å². The zero-order valence-corrected chi connectivity index (χ0v) is 18.4. The van der Waals surface area contributed by atoms with Crippen molar-refractivity contribution < 1.29 is 24.3 Å². The van der Waals surface area contributed by atoms with Crippen molar-refractivity contribution in [3.8, 4) is 0 Å². The molecule has 0 spiro atoms. The molecule has 1 aromatic carbocycles. The maximum Gasteiger partial charge on any atom is 0.305 e. The van der Waals surface area contributed by atoms with E-state index in [0.717, 1.165) is 30.1 Å². The first-order chi connectivity index (χ1) is 13.8. The number of aliphatic carboxylic acids is 1. The summed E-state index contributed by atoms with van der Waals surface area (Å²) in [5.41, 5.74) is 0. The number of thioether (sulfide) groups is 1. The number of tetrazole rings is 1. The number of amides is 1. The van der Waals surface area contributed by atoms with E-state index in [1.54, 1.807) is 18.2 Å². The number of rotatable bonds is 10. The van der Waals surface area contributed by atoms with Crippen molar-refractivity contribution in [2.24, 2.45) is 0 Å². The van der Waals surface area contributed by atoms with Crippen molar-refractivity contribution in [1.29, 1.82) is 0 Å². The lowest BCUT2D eigenvalue weighted by Gasteiger charge is -2.14. The van der Waals surface area contributed by atoms with Gasteiger partial charge in [-0.1, -0.05) is 52.0 Å². The molecule has 2 rings (SSSR count). The van der Waals surface area contributed by atoms with Crippen LogP contribution in [0.5, 0.6) is 0 Å². The van der Waals surface area contributed by atoms with E-state index in [9.17, 15) is 14.4 Å². The Morgan fingerprint density at radius 2 is 2.00 bits per heavy atom. The van der Waals surface area contributed by atoms with Gasteiger partial charge in [-0.15, -0.1) is 0 Å². The number of hydrogen-bond acceptors (Lipinski definition) is 7. The van der Waals surface area contributed by atoms with E-state index in [1.165, 1.54) is 15.2 Å². The van der Waals surface area contributed by atoms with Crippen LogP contribution in [0.2, 0.25) is 10.0 Å². The normalized spacial score (nSPS) is 11.8. The van der Waals surface area contributed by atoms with E-state index >= 15 is 0 Å². The lowest BCUT2D eigenvalue weighted by molar-refractivity contribution is -0.802. The minimum absolute atomic E-state index is 0.300. The average molecular weight is 479 g/mol. The Morgan fingerprint density at radius 1 is 1.31 bits per heavy atom. The Balaban J connectivity index is 2.13. The fraction of sp³-hybridized carbons (Fsp3) is 0.375. The van der Waals surface area contributed by atoms with Gasteiger partial charge in [0.05, 0.1) is 26.5 Å². The second-order valence-corrected chi connectivity index (χ2v) is 8.54. The molecule has 1 amide bonds. The minimum atomic E-state index is -1.20. The lowest BCUT2D eigenvalue weighted by atomic mass is 10.1. The Bertz CT molecular complexity index is 876. The number of hydrogen-bond donors (Lipinski definition) is 2. The smallest absolute Gasteiger partial charge is 0.305 e. The van der Waals surface area contributed by atoms with Gasteiger partial charge in [0.25, 0.3) is 11.6 Å². The fourth-order valence-electron chi connectivity index (χ4n) is 2.11. The molecule has 0 aliphatic heterocycles. The Labute approximate surface area is 185 Å². The molecule has 0 aliphatic rings. The van der Waals surface area contributed by atoms with Crippen LogP contribution in [0.25, 0.3) is 0 Å². The van der Waals surface area contributed by atoms with Crippen molar-refractivity contribution in [2.45, 2.75) is 37.2 Å². The van der Waals surface area contributed by atoms with Crippen LogP contribution in [-0.2, 0) is 16.1 Å². The summed E-state index contributed by atoms with van der Waals surface area (Å²) in [5, 5.41) is 19.5. The number of halogens is 2. The van der Waals surface area contributed by atoms with Gasteiger partial charge in [0, 0.05) is 17.7 Å². The first-order valence-corrected chi connectivity index (χ1v) is 10.9. The number of ketones is 1. The van der Waals surface area contributed by atoms with Gasteiger partial charge in [-0.25, -0.2) is 0 Å². The van der Waals surface area contributed by atoms with Crippen molar-refractivity contribution in [3.63, 3.8) is 0 Å². The number of carbonyl (C=O) groups is 3. The SMILES string of the molecule is CCCSC(=O)NC(CC(=O)O)C(=O)C[n+]1nncn1Sc1c(Cl)cccc1Cl. The topological polar surface area (TPSA) is 118 Å². The summed E-state index contributed by atoms with van der Waals surface area (Å²) in [6.07, 6.45) is 1.60. The second-order valence-electron chi connectivity index (χ2n) is 5.69. The van der Waals surface area contributed by atoms with Crippen LogP contribution >= 0.6 is 46.9 Å². The largest absolute Gasteiger partial charge is 0.481 e. The number of aromatic nitrogens is 4. The Morgan fingerprint density at radius 3 is 2.62 bits per heavy atom. The number of carboxylic acid groups (broad SMARTS) is 1. The summed E-state index contributed by atoms with van der Waals surface area (Å²) in [5.74, 6) is -1.16. The lowest BCUT2D eigenvalue weighted by Crippen LogP contribution is -2.52. The van der Waals surface area contributed by atoms with E-state index in [1.807, 2.05) is 6.92 Å². The number of carboxylic acids is 1. The third-order valence-electron chi connectivity index (χ3n) is 3.43. The van der Waals surface area contributed by atoms with E-state index < -0.39 is 29.5 Å². The molecular formula is C16H18Cl2N5O4S2+. The van der Waals surface area contributed by atoms with E-state index in [2.05, 4.69) is 15.6 Å². The number of Topliss-reactive ketones (excluding diaryl/α,β-unsaturated/α-hetero) is 1. The summed E-state index contributed by atoms with van der Waals surface area (Å²) in [4.78, 5) is 37.4. The van der Waals surface area contributed by atoms with Crippen molar-refractivity contribution in [3.05, 3.63) is 34.6 Å². The molecule has 13 heteroatoms. The Hall–Kier alpha value is -1.82. The van der Waals surface area contributed by atoms with Gasteiger partial charge < -0.3 is 10.4 Å². The maximum atomic E-state index is 12.6. The summed E-state index contributed by atoms with van der Waals surface area (Å²) in [6, 6.07) is 3.86. The van der Waals surface area contributed by atoms with Gasteiger partial charge in [-0.05, 0) is 23.4 Å². The fourth-order valence-corrected chi connectivity index (χ4v) is 4.10. The van der Waals surface area contributed by atoms with Crippen LogP contribution in [0.15, 0.2) is 29.4 Å². The molecular weight excluding hydrogens is 461 g/mol. The summed E-state index contributed by atoms with van der Waals surface area (Å²) in [7, 11) is 0. The van der Waals surface area contributed by atoms with Crippen LogP contribution in [-0.4, -0.2) is 48.3 Å². The molecule has 1 aromatic heterocycles. The number of carbonyl (C=O) groups excluding carboxylic acids is 2. The van der Waals surface area contributed by atoms with E-state index in [-0.39, 0.29) is 6.54 Å². The molecule has 2 aromatic rings. The van der Waals surface area contributed by atoms with Crippen LogP contribution in [0, 0.1) is 0 Å². The van der Waals surface area contributed by atoms with E-state index in [4.69, 9.17) is 28.3 Å². The molecule has 0 saturated carbocycles. The van der Waals surface area contributed by atoms with E-state index in [0.29, 0.717) is 20.7 Å². The van der Waals surface area contributed by atoms with Gasteiger partial charge in [-0.3, -0.25) is 14.4 Å². The highest BCUT2D eigenvalue weighted by Crippen LogP contribution is 2.33. The summed E-state index contributed by atoms with van der Waals surface area (Å²) >= 11 is 14.4. The first-order valence-electron chi connectivity index (χ1n) is 8.42. The highest BCUT2D eigenvalue weighted by molar-refractivity contribution is 8.13. The number of nitrogens with one attached hydrogen (secondary N) is 1. The minimum Gasteiger partial charge on any atom is -0.481 e. The first kappa shape index (κ1) is 23.5. The van der Waals surface area contributed by atoms with Crippen LogP contribution < -0.4 is 10.1 Å². The molecule has 0 aliphatic carbocycles. The third kappa shape index (κ3) is 7.18. The molecule has 156 valence electrons. The van der Waals surface area contributed by atoms with Crippen LogP contribution in [0.4, 0.5) is 4.79 Å². The molecule has 0 radical (unpaired) electrons. The monoisotopic (exact) mass is 478 g/mol. The van der Waals surface area contributed by atoms with Crippen molar-refractivity contribution in [2.75, 3.05) is 5.75 Å². The van der Waals surface area contributed by atoms with Gasteiger partial charge >= 0.3 is 5.97 Å². The summed E-state index contributed by atoms with van der Waals surface area (Å²) < 4.78 is 1.44.